The van der Waals surface area contributed by atoms with E-state index >= 15 is 0 Å². The molecule has 1 unspecified atom stereocenters. The van der Waals surface area contributed by atoms with E-state index in [2.05, 4.69) is 0 Å². The number of carboxylic acid groups (broad SMARTS) is 1. The predicted octanol–water partition coefficient (Wildman–Crippen LogP) is 2.95. The van der Waals surface area contributed by atoms with Gasteiger partial charge in [0.05, 0.1) is 34.7 Å². The summed E-state index contributed by atoms with van der Waals surface area (Å²) in [4.78, 5) is 11.9. The Bertz CT molecular complexity index is 979. The highest BCUT2D eigenvalue weighted by molar-refractivity contribution is 5.99. The molecular formula is C22H22O8. The standard InChI is InChI=1S/C22H22O8/c1-26-16-5-13(6-17(10-16)27-2)15-9-20(22(25,21(23)24)30-12-15)14-7-18(28-3)11-19(8-14)29-4/h5-12,25H,1-4H3,(H,23,24). The first-order valence-electron chi connectivity index (χ1n) is 8.87. The molecule has 8 heteroatoms. The van der Waals surface area contributed by atoms with Gasteiger partial charge in [-0.2, -0.15) is 0 Å². The lowest BCUT2D eigenvalue weighted by molar-refractivity contribution is -0.185. The Morgan fingerprint density at radius 2 is 1.23 bits per heavy atom. The van der Waals surface area contributed by atoms with Crippen LogP contribution in [0.25, 0.3) is 11.1 Å². The van der Waals surface area contributed by atoms with Crippen LogP contribution in [-0.4, -0.2) is 50.4 Å². The lowest BCUT2D eigenvalue weighted by atomic mass is 9.91. The number of rotatable bonds is 7. The van der Waals surface area contributed by atoms with Crippen LogP contribution in [0.2, 0.25) is 0 Å². The maximum atomic E-state index is 11.9. The van der Waals surface area contributed by atoms with Gasteiger partial charge in [0.25, 0.3) is 0 Å². The van der Waals surface area contributed by atoms with Crippen molar-refractivity contribution in [2.45, 2.75) is 5.79 Å². The highest BCUT2D eigenvalue weighted by Gasteiger charge is 2.45. The van der Waals surface area contributed by atoms with Gasteiger partial charge in [-0.05, 0) is 41.5 Å². The van der Waals surface area contributed by atoms with Gasteiger partial charge in [0.15, 0.2) is 0 Å². The van der Waals surface area contributed by atoms with Crippen LogP contribution in [0.5, 0.6) is 23.0 Å². The van der Waals surface area contributed by atoms with E-state index in [0.717, 1.165) is 0 Å². The van der Waals surface area contributed by atoms with Crippen LogP contribution < -0.4 is 18.9 Å². The number of ether oxygens (including phenoxy) is 5. The van der Waals surface area contributed by atoms with Crippen LogP contribution in [0, 0.1) is 0 Å². The summed E-state index contributed by atoms with van der Waals surface area (Å²) in [6, 6.07) is 9.99. The smallest absolute Gasteiger partial charge is 0.382 e. The molecule has 0 radical (unpaired) electrons. The summed E-state index contributed by atoms with van der Waals surface area (Å²) in [5.41, 5.74) is 1.52. The van der Waals surface area contributed by atoms with Gasteiger partial charge in [0, 0.05) is 23.3 Å². The molecule has 30 heavy (non-hydrogen) atoms. The zero-order valence-electron chi connectivity index (χ0n) is 17.0. The van der Waals surface area contributed by atoms with Crippen molar-refractivity contribution in [3.8, 4) is 23.0 Å². The molecule has 0 aliphatic carbocycles. The summed E-state index contributed by atoms with van der Waals surface area (Å²) >= 11 is 0. The van der Waals surface area contributed by atoms with Crippen molar-refractivity contribution in [1.82, 2.24) is 0 Å². The topological polar surface area (TPSA) is 104 Å². The molecule has 0 spiro atoms. The summed E-state index contributed by atoms with van der Waals surface area (Å²) in [5, 5.41) is 20.4. The number of methoxy groups -OCH3 is 4. The SMILES string of the molecule is COc1cc(OC)cc(C2=COC(O)(C(=O)O)C(c3cc(OC)cc(OC)c3)=C2)c1. The van der Waals surface area contributed by atoms with Crippen molar-refractivity contribution >= 4 is 17.1 Å². The average Bonchev–Trinajstić information content (AvgIpc) is 2.78. The van der Waals surface area contributed by atoms with Gasteiger partial charge in [-0.1, -0.05) is 0 Å². The van der Waals surface area contributed by atoms with Gasteiger partial charge in [0.2, 0.25) is 0 Å². The van der Waals surface area contributed by atoms with Gasteiger partial charge in [-0.3, -0.25) is 0 Å². The van der Waals surface area contributed by atoms with Crippen molar-refractivity contribution in [2.24, 2.45) is 0 Å². The first-order valence-corrected chi connectivity index (χ1v) is 8.87. The van der Waals surface area contributed by atoms with Crippen molar-refractivity contribution in [3.05, 3.63) is 59.9 Å². The molecule has 8 nitrogen and oxygen atoms in total. The van der Waals surface area contributed by atoms with Gasteiger partial charge in [-0.25, -0.2) is 4.79 Å². The van der Waals surface area contributed by atoms with Gasteiger partial charge in [-0.15, -0.1) is 0 Å². The monoisotopic (exact) mass is 414 g/mol. The van der Waals surface area contributed by atoms with E-state index in [1.807, 2.05) is 0 Å². The van der Waals surface area contributed by atoms with E-state index in [1.54, 1.807) is 36.4 Å². The Hall–Kier alpha value is -3.65. The fraction of sp³-hybridized carbons (Fsp3) is 0.227. The molecule has 1 heterocycles. The summed E-state index contributed by atoms with van der Waals surface area (Å²) in [6.45, 7) is 0. The fourth-order valence-corrected chi connectivity index (χ4v) is 3.03. The predicted molar refractivity (Wildman–Crippen MR) is 109 cm³/mol. The average molecular weight is 414 g/mol. The first kappa shape index (κ1) is 21.1. The van der Waals surface area contributed by atoms with Gasteiger partial charge < -0.3 is 33.9 Å². The highest BCUT2D eigenvalue weighted by Crippen LogP contribution is 2.40. The maximum Gasteiger partial charge on any atom is 0.382 e. The van der Waals surface area contributed by atoms with Crippen molar-refractivity contribution < 1.29 is 38.7 Å². The van der Waals surface area contributed by atoms with Crippen LogP contribution >= 0.6 is 0 Å². The number of allylic oxidation sites excluding steroid dienone is 2. The third kappa shape index (κ3) is 3.90. The molecule has 1 aliphatic rings. The number of benzene rings is 2. The number of aliphatic hydroxyl groups is 1. The Balaban J connectivity index is 2.18. The second kappa shape index (κ2) is 8.38. The molecule has 1 atom stereocenters. The molecule has 0 saturated heterocycles. The van der Waals surface area contributed by atoms with E-state index in [9.17, 15) is 15.0 Å². The molecular weight excluding hydrogens is 392 g/mol. The van der Waals surface area contributed by atoms with E-state index in [4.69, 9.17) is 23.7 Å². The largest absolute Gasteiger partial charge is 0.497 e. The molecule has 0 amide bonds. The van der Waals surface area contributed by atoms with E-state index in [0.29, 0.717) is 39.7 Å². The van der Waals surface area contributed by atoms with Crippen molar-refractivity contribution in [3.63, 3.8) is 0 Å². The number of aliphatic carboxylic acids is 1. The van der Waals surface area contributed by atoms with Crippen LogP contribution in [0.1, 0.15) is 11.1 Å². The Morgan fingerprint density at radius 3 is 1.63 bits per heavy atom. The zero-order chi connectivity index (χ0) is 21.9. The molecule has 2 aromatic rings. The van der Waals surface area contributed by atoms with Crippen molar-refractivity contribution in [2.75, 3.05) is 28.4 Å². The molecule has 1 aliphatic heterocycles. The Labute approximate surface area is 173 Å². The summed E-state index contributed by atoms with van der Waals surface area (Å²) < 4.78 is 26.4. The van der Waals surface area contributed by atoms with Crippen molar-refractivity contribution in [1.29, 1.82) is 0 Å². The third-order valence-corrected chi connectivity index (χ3v) is 4.66. The van der Waals surface area contributed by atoms with Crippen LogP contribution in [0.4, 0.5) is 0 Å². The molecule has 2 N–H and O–H groups in total. The Morgan fingerprint density at radius 1 is 0.800 bits per heavy atom. The highest BCUT2D eigenvalue weighted by atomic mass is 16.6. The molecule has 2 aromatic carbocycles. The molecule has 158 valence electrons. The normalized spacial score (nSPS) is 17.9. The van der Waals surface area contributed by atoms with Crippen LogP contribution in [0.3, 0.4) is 0 Å². The molecule has 0 fully saturated rings. The van der Waals surface area contributed by atoms with Crippen LogP contribution in [0.15, 0.2) is 48.7 Å². The number of carboxylic acids is 1. The second-order valence-electron chi connectivity index (χ2n) is 6.40. The molecule has 3 rings (SSSR count). The quantitative estimate of drug-likeness (QED) is 0.713. The minimum Gasteiger partial charge on any atom is -0.497 e. The summed E-state index contributed by atoms with van der Waals surface area (Å²) in [5.74, 6) is -2.21. The van der Waals surface area contributed by atoms with E-state index in [-0.39, 0.29) is 5.57 Å². The lowest BCUT2D eigenvalue weighted by Crippen LogP contribution is -2.42. The van der Waals surface area contributed by atoms with Crippen LogP contribution in [-0.2, 0) is 9.53 Å². The number of hydrogen-bond donors (Lipinski definition) is 2. The minimum absolute atomic E-state index is 0.00601. The van der Waals surface area contributed by atoms with Gasteiger partial charge in [0.1, 0.15) is 23.0 Å². The first-order chi connectivity index (χ1) is 14.3. The number of carbonyl (C=O) groups is 1. The molecule has 0 saturated carbocycles. The Kier molecular flexibility index (Phi) is 5.89. The molecule has 0 aromatic heterocycles. The van der Waals surface area contributed by atoms with E-state index < -0.39 is 11.8 Å². The van der Waals surface area contributed by atoms with E-state index in [1.165, 1.54) is 40.8 Å². The summed E-state index contributed by atoms with van der Waals surface area (Å²) in [7, 11) is 6.00. The fourth-order valence-electron chi connectivity index (χ4n) is 3.03. The third-order valence-electron chi connectivity index (χ3n) is 4.66. The molecule has 0 bridgehead atoms. The number of hydrogen-bond acceptors (Lipinski definition) is 7. The zero-order valence-corrected chi connectivity index (χ0v) is 17.0. The summed E-state index contributed by atoms with van der Waals surface area (Å²) in [6.07, 6.45) is 2.71. The van der Waals surface area contributed by atoms with Gasteiger partial charge >= 0.3 is 11.8 Å². The minimum atomic E-state index is -2.59. The maximum absolute atomic E-state index is 11.9. The lowest BCUT2D eigenvalue weighted by Gasteiger charge is -2.30. The second-order valence-corrected chi connectivity index (χ2v) is 6.40.